The minimum Gasteiger partial charge on any atom is -0.312 e. The third-order valence-corrected chi connectivity index (χ3v) is 3.87. The Morgan fingerprint density at radius 2 is 2.19 bits per heavy atom. The van der Waals surface area contributed by atoms with Crippen molar-refractivity contribution in [2.24, 2.45) is 11.0 Å². The summed E-state index contributed by atoms with van der Waals surface area (Å²) in [5.41, 5.74) is 7.63. The van der Waals surface area contributed by atoms with Crippen molar-refractivity contribution in [2.45, 2.75) is 12.6 Å². The van der Waals surface area contributed by atoms with Gasteiger partial charge in [0.25, 0.3) is 0 Å². The molecule has 0 N–H and O–H groups in total. The number of alkyl halides is 3. The van der Waals surface area contributed by atoms with Crippen molar-refractivity contribution >= 4 is 27.5 Å². The Hall–Kier alpha value is -1.73. The Balaban J connectivity index is 2.26. The SMILES string of the molecule is [N-]=[N+]=NCC1CC(=O)N(c2ccc(Br)c(C(F)(F)F)c2)C1. The van der Waals surface area contributed by atoms with Gasteiger partial charge >= 0.3 is 6.18 Å². The van der Waals surface area contributed by atoms with Crippen LogP contribution in [0.25, 0.3) is 10.4 Å². The van der Waals surface area contributed by atoms with Gasteiger partial charge in [-0.1, -0.05) is 21.0 Å². The highest BCUT2D eigenvalue weighted by atomic mass is 79.9. The molecular weight excluding hydrogens is 353 g/mol. The Morgan fingerprint density at radius 3 is 2.81 bits per heavy atom. The van der Waals surface area contributed by atoms with Crippen LogP contribution in [0.15, 0.2) is 27.8 Å². The maximum absolute atomic E-state index is 12.9. The summed E-state index contributed by atoms with van der Waals surface area (Å²) in [5.74, 6) is -0.449. The molecule has 0 saturated carbocycles. The molecule has 1 aliphatic rings. The van der Waals surface area contributed by atoms with Gasteiger partial charge < -0.3 is 4.90 Å². The molecular formula is C12H10BrF3N4O. The van der Waals surface area contributed by atoms with Gasteiger partial charge in [0.1, 0.15) is 0 Å². The molecule has 9 heteroatoms. The average molecular weight is 363 g/mol. The normalized spacial score (nSPS) is 18.8. The third-order valence-electron chi connectivity index (χ3n) is 3.18. The lowest BCUT2D eigenvalue weighted by molar-refractivity contribution is -0.138. The van der Waals surface area contributed by atoms with Crippen LogP contribution >= 0.6 is 15.9 Å². The summed E-state index contributed by atoms with van der Waals surface area (Å²) in [7, 11) is 0. The first-order valence-corrected chi connectivity index (χ1v) is 6.80. The summed E-state index contributed by atoms with van der Waals surface area (Å²) in [5, 5.41) is 3.40. The highest BCUT2D eigenvalue weighted by Crippen LogP contribution is 2.38. The number of rotatable bonds is 3. The van der Waals surface area contributed by atoms with Crippen LogP contribution in [0, 0.1) is 5.92 Å². The molecule has 1 aromatic carbocycles. The zero-order valence-corrected chi connectivity index (χ0v) is 12.2. The van der Waals surface area contributed by atoms with Crippen LogP contribution in [-0.2, 0) is 11.0 Å². The Labute approximate surface area is 126 Å². The molecule has 112 valence electrons. The largest absolute Gasteiger partial charge is 0.417 e. The second-order valence-corrected chi connectivity index (χ2v) is 5.50. The van der Waals surface area contributed by atoms with Gasteiger partial charge in [0, 0.05) is 34.6 Å². The van der Waals surface area contributed by atoms with Crippen molar-refractivity contribution in [2.75, 3.05) is 18.0 Å². The van der Waals surface area contributed by atoms with Gasteiger partial charge in [-0.25, -0.2) is 0 Å². The van der Waals surface area contributed by atoms with E-state index in [1.807, 2.05) is 0 Å². The predicted octanol–water partition coefficient (Wildman–Crippen LogP) is 4.13. The summed E-state index contributed by atoms with van der Waals surface area (Å²) in [6.07, 6.45) is -4.33. The highest BCUT2D eigenvalue weighted by Gasteiger charge is 2.35. The fourth-order valence-corrected chi connectivity index (χ4v) is 2.68. The standard InChI is InChI=1S/C12H10BrF3N4O/c13-10-2-1-8(4-9(10)12(14,15)16)20-6-7(3-11(20)21)5-18-19-17/h1-2,4,7H,3,5-6H2. The maximum Gasteiger partial charge on any atom is 0.417 e. The van der Waals surface area contributed by atoms with Gasteiger partial charge in [-0.3, -0.25) is 4.79 Å². The van der Waals surface area contributed by atoms with E-state index in [1.165, 1.54) is 17.0 Å². The molecule has 1 heterocycles. The maximum atomic E-state index is 12.9. The third kappa shape index (κ3) is 3.48. The zero-order chi connectivity index (χ0) is 15.6. The number of carbonyl (C=O) groups excluding carboxylic acids is 1. The molecule has 1 amide bonds. The van der Waals surface area contributed by atoms with Gasteiger partial charge in [0.15, 0.2) is 0 Å². The number of nitrogens with zero attached hydrogens (tertiary/aromatic N) is 4. The molecule has 0 aliphatic carbocycles. The second kappa shape index (κ2) is 5.95. The van der Waals surface area contributed by atoms with Crippen LogP contribution in [0.4, 0.5) is 18.9 Å². The number of hydrogen-bond acceptors (Lipinski definition) is 2. The smallest absolute Gasteiger partial charge is 0.312 e. The van der Waals surface area contributed by atoms with E-state index in [2.05, 4.69) is 26.0 Å². The van der Waals surface area contributed by atoms with Crippen LogP contribution in [0.1, 0.15) is 12.0 Å². The lowest BCUT2D eigenvalue weighted by atomic mass is 10.1. The molecule has 1 aromatic rings. The Kier molecular flexibility index (Phi) is 4.43. The number of anilines is 1. The van der Waals surface area contributed by atoms with E-state index in [1.54, 1.807) is 0 Å². The van der Waals surface area contributed by atoms with E-state index in [9.17, 15) is 18.0 Å². The first-order valence-electron chi connectivity index (χ1n) is 6.01. The molecule has 1 saturated heterocycles. The Morgan fingerprint density at radius 1 is 1.48 bits per heavy atom. The van der Waals surface area contributed by atoms with E-state index in [0.717, 1.165) is 6.07 Å². The summed E-state index contributed by atoms with van der Waals surface area (Å²) in [4.78, 5) is 15.8. The summed E-state index contributed by atoms with van der Waals surface area (Å²) in [6, 6.07) is 3.66. The number of carbonyl (C=O) groups is 1. The molecule has 0 bridgehead atoms. The lowest BCUT2D eigenvalue weighted by Crippen LogP contribution is -2.25. The first kappa shape index (κ1) is 15.7. The summed E-state index contributed by atoms with van der Waals surface area (Å²) in [6.45, 7) is 0.401. The average Bonchev–Trinajstić information content (AvgIpc) is 2.77. The molecule has 0 spiro atoms. The van der Waals surface area contributed by atoms with Gasteiger partial charge in [-0.05, 0) is 29.6 Å². The van der Waals surface area contributed by atoms with Crippen molar-refractivity contribution in [3.63, 3.8) is 0 Å². The molecule has 1 atom stereocenters. The second-order valence-electron chi connectivity index (χ2n) is 4.65. The number of benzene rings is 1. The van der Waals surface area contributed by atoms with E-state index in [-0.39, 0.29) is 41.5 Å². The molecule has 21 heavy (non-hydrogen) atoms. The van der Waals surface area contributed by atoms with Gasteiger partial charge in [0.2, 0.25) is 5.91 Å². The van der Waals surface area contributed by atoms with Crippen LogP contribution in [0.3, 0.4) is 0 Å². The monoisotopic (exact) mass is 362 g/mol. The van der Waals surface area contributed by atoms with Gasteiger partial charge in [-0.2, -0.15) is 13.2 Å². The van der Waals surface area contributed by atoms with Crippen molar-refractivity contribution in [1.29, 1.82) is 0 Å². The van der Waals surface area contributed by atoms with Gasteiger partial charge in [0.05, 0.1) is 5.56 Å². The number of amides is 1. The van der Waals surface area contributed by atoms with E-state index in [4.69, 9.17) is 5.53 Å². The fourth-order valence-electron chi connectivity index (χ4n) is 2.20. The molecule has 0 aromatic heterocycles. The summed E-state index contributed by atoms with van der Waals surface area (Å²) < 4.78 is 38.5. The number of hydrogen-bond donors (Lipinski definition) is 0. The molecule has 0 radical (unpaired) electrons. The zero-order valence-electron chi connectivity index (χ0n) is 10.6. The quantitative estimate of drug-likeness (QED) is 0.452. The Bertz CT molecular complexity index is 613. The first-order chi connectivity index (χ1) is 9.82. The predicted molar refractivity (Wildman–Crippen MR) is 73.6 cm³/mol. The van der Waals surface area contributed by atoms with Crippen molar-refractivity contribution in [3.8, 4) is 0 Å². The molecule has 1 fully saturated rings. The van der Waals surface area contributed by atoms with Gasteiger partial charge in [-0.15, -0.1) is 0 Å². The summed E-state index contributed by atoms with van der Waals surface area (Å²) >= 11 is 2.86. The molecule has 1 unspecified atom stereocenters. The van der Waals surface area contributed by atoms with E-state index >= 15 is 0 Å². The van der Waals surface area contributed by atoms with Crippen LogP contribution < -0.4 is 4.90 Å². The fraction of sp³-hybridized carbons (Fsp3) is 0.417. The van der Waals surface area contributed by atoms with Crippen LogP contribution in [0.2, 0.25) is 0 Å². The highest BCUT2D eigenvalue weighted by molar-refractivity contribution is 9.10. The number of halogens is 4. The van der Waals surface area contributed by atoms with Crippen LogP contribution in [0.5, 0.6) is 0 Å². The van der Waals surface area contributed by atoms with Crippen LogP contribution in [-0.4, -0.2) is 19.0 Å². The molecule has 1 aliphatic heterocycles. The van der Waals surface area contributed by atoms with Crippen molar-refractivity contribution in [1.82, 2.24) is 0 Å². The molecule has 5 nitrogen and oxygen atoms in total. The minimum absolute atomic E-state index is 0.0731. The van der Waals surface area contributed by atoms with E-state index in [0.29, 0.717) is 0 Å². The van der Waals surface area contributed by atoms with Crippen molar-refractivity contribution in [3.05, 3.63) is 38.7 Å². The lowest BCUT2D eigenvalue weighted by Gasteiger charge is -2.19. The number of azide groups is 1. The minimum atomic E-state index is -4.50. The molecule has 2 rings (SSSR count). The van der Waals surface area contributed by atoms with E-state index < -0.39 is 11.7 Å². The van der Waals surface area contributed by atoms with Crippen molar-refractivity contribution < 1.29 is 18.0 Å². The topological polar surface area (TPSA) is 69.1 Å².